The first kappa shape index (κ1) is 17.0. The molecule has 3 heterocycles. The van der Waals surface area contributed by atoms with Crippen LogP contribution in [-0.4, -0.2) is 35.5 Å². The zero-order chi connectivity index (χ0) is 17.9. The van der Waals surface area contributed by atoms with Gasteiger partial charge in [0, 0.05) is 6.54 Å². The van der Waals surface area contributed by atoms with E-state index in [2.05, 4.69) is 36.2 Å². The zero-order valence-electron chi connectivity index (χ0n) is 14.6. The van der Waals surface area contributed by atoms with Crippen LogP contribution >= 0.6 is 11.3 Å². The number of hydrogen-bond acceptors (Lipinski definition) is 5. The molecule has 134 valence electrons. The number of carbonyl (C=O) groups is 1. The fraction of sp³-hybridized carbons (Fsp3) is 0.300. The molecule has 1 saturated heterocycles. The number of furan rings is 1. The van der Waals surface area contributed by atoms with Gasteiger partial charge >= 0.3 is 0 Å². The molecule has 0 bridgehead atoms. The van der Waals surface area contributed by atoms with Gasteiger partial charge in [-0.15, -0.1) is 11.3 Å². The molecular weight excluding hydrogens is 348 g/mol. The van der Waals surface area contributed by atoms with Gasteiger partial charge in [0.1, 0.15) is 11.0 Å². The van der Waals surface area contributed by atoms with E-state index in [1.54, 1.807) is 12.5 Å². The average molecular weight is 368 g/mol. The molecule has 1 fully saturated rings. The predicted molar refractivity (Wildman–Crippen MR) is 100 cm³/mol. The van der Waals surface area contributed by atoms with Gasteiger partial charge in [-0.05, 0) is 29.7 Å². The molecule has 1 atom stereocenters. The Morgan fingerprint density at radius 2 is 2.15 bits per heavy atom. The quantitative estimate of drug-likeness (QED) is 0.693. The van der Waals surface area contributed by atoms with Gasteiger partial charge in [-0.1, -0.05) is 31.2 Å². The normalized spacial score (nSPS) is 17.4. The smallest absolute Gasteiger partial charge is 0.265 e. The van der Waals surface area contributed by atoms with Crippen LogP contribution in [0.1, 0.15) is 33.8 Å². The average Bonchev–Trinajstić information content (AvgIpc) is 3.39. The van der Waals surface area contributed by atoms with Crippen molar-refractivity contribution in [1.29, 1.82) is 0 Å². The summed E-state index contributed by atoms with van der Waals surface area (Å²) in [4.78, 5) is 19.7. The van der Waals surface area contributed by atoms with E-state index in [9.17, 15) is 4.79 Å². The number of benzene rings is 1. The van der Waals surface area contributed by atoms with Crippen molar-refractivity contribution in [2.45, 2.75) is 19.4 Å². The highest BCUT2D eigenvalue weighted by atomic mass is 32.1. The lowest BCUT2D eigenvalue weighted by Gasteiger charge is -2.33. The monoisotopic (exact) mass is 368 g/mol. The molecule has 1 unspecified atom stereocenters. The molecule has 0 spiro atoms. The summed E-state index contributed by atoms with van der Waals surface area (Å²) in [6.45, 7) is 3.82. The maximum absolute atomic E-state index is 12.9. The summed E-state index contributed by atoms with van der Waals surface area (Å²) in [5.74, 6) is 0.684. The standard InChI is InChI=1S/C20H20N2O3S/c1-2-14-5-7-15(8-6-14)17-13-22(9-11-25-17)20(23)18-12-21-19(26-18)16-4-3-10-24-16/h3-8,10,12,17H,2,9,11,13H2,1H3. The maximum atomic E-state index is 12.9. The molecule has 0 radical (unpaired) electrons. The third-order valence-electron chi connectivity index (χ3n) is 4.56. The Labute approximate surface area is 156 Å². The number of aryl methyl sites for hydroxylation is 1. The lowest BCUT2D eigenvalue weighted by molar-refractivity contribution is -0.0226. The van der Waals surface area contributed by atoms with E-state index < -0.39 is 0 Å². The second-order valence-corrected chi connectivity index (χ2v) is 7.24. The second-order valence-electron chi connectivity index (χ2n) is 6.21. The minimum Gasteiger partial charge on any atom is -0.462 e. The Kier molecular flexibility index (Phi) is 4.86. The lowest BCUT2D eigenvalue weighted by atomic mass is 10.0. The number of amides is 1. The second kappa shape index (κ2) is 7.43. The van der Waals surface area contributed by atoms with Crippen molar-refractivity contribution < 1.29 is 13.9 Å². The SMILES string of the molecule is CCc1ccc(C2CN(C(=O)c3cnc(-c4ccco4)s3)CCO2)cc1. The molecule has 0 saturated carbocycles. The van der Waals surface area contributed by atoms with E-state index in [0.717, 1.165) is 17.0 Å². The van der Waals surface area contributed by atoms with E-state index >= 15 is 0 Å². The van der Waals surface area contributed by atoms with Crippen LogP contribution in [0, 0.1) is 0 Å². The van der Waals surface area contributed by atoms with Gasteiger partial charge in [0.2, 0.25) is 0 Å². The zero-order valence-corrected chi connectivity index (χ0v) is 15.4. The van der Waals surface area contributed by atoms with E-state index in [-0.39, 0.29) is 12.0 Å². The molecule has 1 aromatic carbocycles. The molecular formula is C20H20N2O3S. The number of morpholine rings is 1. The van der Waals surface area contributed by atoms with Crippen molar-refractivity contribution >= 4 is 17.2 Å². The molecule has 4 rings (SSSR count). The number of carbonyl (C=O) groups excluding carboxylic acids is 1. The van der Waals surface area contributed by atoms with Crippen LogP contribution in [0.15, 0.2) is 53.3 Å². The minimum absolute atomic E-state index is 0.00113. The molecule has 26 heavy (non-hydrogen) atoms. The molecule has 1 amide bonds. The first-order valence-electron chi connectivity index (χ1n) is 8.74. The summed E-state index contributed by atoms with van der Waals surface area (Å²) < 4.78 is 11.3. The Hall–Kier alpha value is -2.44. The summed E-state index contributed by atoms with van der Waals surface area (Å²) in [6.07, 6.45) is 4.16. The molecule has 3 aromatic rings. The van der Waals surface area contributed by atoms with Crippen LogP contribution in [-0.2, 0) is 11.2 Å². The molecule has 2 aromatic heterocycles. The Morgan fingerprint density at radius 3 is 2.88 bits per heavy atom. The molecule has 0 N–H and O–H groups in total. The fourth-order valence-electron chi connectivity index (χ4n) is 3.05. The van der Waals surface area contributed by atoms with Crippen LogP contribution in [0.5, 0.6) is 0 Å². The summed E-state index contributed by atoms with van der Waals surface area (Å²) in [5, 5.41) is 0.721. The van der Waals surface area contributed by atoms with Gasteiger partial charge in [0.05, 0.1) is 25.6 Å². The van der Waals surface area contributed by atoms with Crippen LogP contribution in [0.4, 0.5) is 0 Å². The molecule has 0 aliphatic carbocycles. The van der Waals surface area contributed by atoms with Gasteiger partial charge < -0.3 is 14.1 Å². The Balaban J connectivity index is 1.47. The van der Waals surface area contributed by atoms with Crippen molar-refractivity contribution in [3.05, 3.63) is 64.9 Å². The number of ether oxygens (including phenoxy) is 1. The van der Waals surface area contributed by atoms with Crippen LogP contribution in [0.25, 0.3) is 10.8 Å². The summed E-state index contributed by atoms with van der Waals surface area (Å²) in [7, 11) is 0. The molecule has 5 nitrogen and oxygen atoms in total. The Morgan fingerprint density at radius 1 is 1.31 bits per heavy atom. The highest BCUT2D eigenvalue weighted by molar-refractivity contribution is 7.16. The number of thiazole rings is 1. The van der Waals surface area contributed by atoms with E-state index in [4.69, 9.17) is 9.15 Å². The lowest BCUT2D eigenvalue weighted by Crippen LogP contribution is -2.42. The van der Waals surface area contributed by atoms with Gasteiger partial charge in [-0.2, -0.15) is 0 Å². The summed E-state index contributed by atoms with van der Waals surface area (Å²) in [5.41, 5.74) is 2.41. The van der Waals surface area contributed by atoms with Gasteiger partial charge in [-0.3, -0.25) is 4.79 Å². The first-order chi connectivity index (χ1) is 12.7. The highest BCUT2D eigenvalue weighted by Crippen LogP contribution is 2.28. The van der Waals surface area contributed by atoms with Crippen LogP contribution in [0.2, 0.25) is 0 Å². The van der Waals surface area contributed by atoms with E-state index in [1.165, 1.54) is 16.9 Å². The van der Waals surface area contributed by atoms with Crippen LogP contribution in [0.3, 0.4) is 0 Å². The molecule has 6 heteroatoms. The number of rotatable bonds is 4. The maximum Gasteiger partial charge on any atom is 0.265 e. The van der Waals surface area contributed by atoms with Gasteiger partial charge in [0.25, 0.3) is 5.91 Å². The van der Waals surface area contributed by atoms with E-state index in [0.29, 0.717) is 30.3 Å². The molecule has 1 aliphatic rings. The van der Waals surface area contributed by atoms with Crippen molar-refractivity contribution in [3.63, 3.8) is 0 Å². The largest absolute Gasteiger partial charge is 0.462 e. The third-order valence-corrected chi connectivity index (χ3v) is 5.56. The number of hydrogen-bond donors (Lipinski definition) is 0. The van der Waals surface area contributed by atoms with Crippen LogP contribution < -0.4 is 0 Å². The minimum atomic E-state index is -0.0870. The van der Waals surface area contributed by atoms with Crippen molar-refractivity contribution in [2.24, 2.45) is 0 Å². The number of aromatic nitrogens is 1. The first-order valence-corrected chi connectivity index (χ1v) is 9.55. The topological polar surface area (TPSA) is 55.6 Å². The van der Waals surface area contributed by atoms with Crippen molar-refractivity contribution in [1.82, 2.24) is 9.88 Å². The van der Waals surface area contributed by atoms with Gasteiger partial charge in [-0.25, -0.2) is 4.98 Å². The summed E-state index contributed by atoms with van der Waals surface area (Å²) >= 11 is 1.36. The van der Waals surface area contributed by atoms with Crippen molar-refractivity contribution in [2.75, 3.05) is 19.7 Å². The van der Waals surface area contributed by atoms with Crippen molar-refractivity contribution in [3.8, 4) is 10.8 Å². The Bertz CT molecular complexity index is 871. The number of nitrogens with zero attached hydrogens (tertiary/aromatic N) is 2. The summed E-state index contributed by atoms with van der Waals surface area (Å²) in [6, 6.07) is 12.1. The van der Waals surface area contributed by atoms with Gasteiger partial charge in [0.15, 0.2) is 10.8 Å². The van der Waals surface area contributed by atoms with E-state index in [1.807, 2.05) is 17.0 Å². The molecule has 1 aliphatic heterocycles. The predicted octanol–water partition coefficient (Wildman–Crippen LogP) is 4.18. The fourth-order valence-corrected chi connectivity index (χ4v) is 3.90. The third kappa shape index (κ3) is 3.43. The highest BCUT2D eigenvalue weighted by Gasteiger charge is 2.27.